The third-order valence-electron chi connectivity index (χ3n) is 3.90. The number of benzene rings is 1. The second kappa shape index (κ2) is 7.31. The molecule has 0 amide bonds. The van der Waals surface area contributed by atoms with E-state index in [1.807, 2.05) is 25.1 Å². The largest absolute Gasteiger partial charge is 0.465 e. The van der Waals surface area contributed by atoms with Gasteiger partial charge in [-0.3, -0.25) is 4.99 Å². The molecule has 0 atom stereocenters. The van der Waals surface area contributed by atoms with Gasteiger partial charge in [0, 0.05) is 19.2 Å². The molecule has 3 rings (SSSR count). The molecule has 0 N–H and O–H groups in total. The summed E-state index contributed by atoms with van der Waals surface area (Å²) in [5.41, 5.74) is 2.16. The Hall–Kier alpha value is -2.60. The van der Waals surface area contributed by atoms with E-state index in [1.54, 1.807) is 18.3 Å². The van der Waals surface area contributed by atoms with Crippen molar-refractivity contribution in [1.82, 2.24) is 0 Å². The van der Waals surface area contributed by atoms with Crippen LogP contribution in [0.15, 0.2) is 39.7 Å². The zero-order chi connectivity index (χ0) is 16.9. The number of hydrogen-bond donors (Lipinski definition) is 0. The van der Waals surface area contributed by atoms with Crippen molar-refractivity contribution in [2.75, 3.05) is 38.3 Å². The summed E-state index contributed by atoms with van der Waals surface area (Å²) >= 11 is 0. The average molecular weight is 328 g/mol. The number of morpholine rings is 1. The molecular formula is C18H20N2O4. The Morgan fingerprint density at radius 3 is 2.79 bits per heavy atom. The molecule has 2 aromatic rings. The quantitative estimate of drug-likeness (QED) is 0.638. The van der Waals surface area contributed by atoms with Crippen LogP contribution in [-0.2, 0) is 9.47 Å². The van der Waals surface area contributed by atoms with Crippen LogP contribution in [0.3, 0.4) is 0 Å². The molecule has 1 aliphatic rings. The number of ether oxygens (including phenoxy) is 2. The standard InChI is InChI=1S/C18H20N2O4/c1-13-3-4-14(18(21)22-2)11-16(13)19-12-15-5-6-17(24-15)20-7-9-23-10-8-20/h3-6,11-12H,7-10H2,1-2H3. The number of furan rings is 1. The molecule has 0 radical (unpaired) electrons. The highest BCUT2D eigenvalue weighted by Gasteiger charge is 2.14. The minimum absolute atomic E-state index is 0.376. The predicted molar refractivity (Wildman–Crippen MR) is 91.5 cm³/mol. The van der Waals surface area contributed by atoms with Crippen LogP contribution in [0.2, 0.25) is 0 Å². The lowest BCUT2D eigenvalue weighted by Gasteiger charge is -2.26. The second-order valence-electron chi connectivity index (χ2n) is 5.53. The van der Waals surface area contributed by atoms with Crippen LogP contribution in [-0.4, -0.2) is 45.6 Å². The summed E-state index contributed by atoms with van der Waals surface area (Å²) < 4.78 is 15.9. The van der Waals surface area contributed by atoms with Crippen molar-refractivity contribution in [3.8, 4) is 0 Å². The maximum atomic E-state index is 11.6. The first-order chi connectivity index (χ1) is 11.7. The maximum Gasteiger partial charge on any atom is 0.337 e. The lowest BCUT2D eigenvalue weighted by atomic mass is 10.1. The molecular weight excluding hydrogens is 308 g/mol. The number of carbonyl (C=O) groups is 1. The molecule has 6 heteroatoms. The number of methoxy groups -OCH3 is 1. The van der Waals surface area contributed by atoms with Gasteiger partial charge in [-0.25, -0.2) is 4.79 Å². The Morgan fingerprint density at radius 2 is 2.04 bits per heavy atom. The number of carbonyl (C=O) groups excluding carboxylic acids is 1. The number of rotatable bonds is 4. The average Bonchev–Trinajstić information content (AvgIpc) is 3.10. The molecule has 1 aromatic heterocycles. The van der Waals surface area contributed by atoms with Gasteiger partial charge in [0.05, 0.1) is 37.8 Å². The van der Waals surface area contributed by atoms with Crippen LogP contribution < -0.4 is 4.90 Å². The Bertz CT molecular complexity index is 745. The Balaban J connectivity index is 1.76. The monoisotopic (exact) mass is 328 g/mol. The van der Waals surface area contributed by atoms with E-state index in [2.05, 4.69) is 9.89 Å². The molecule has 126 valence electrons. The minimum Gasteiger partial charge on any atom is -0.465 e. The summed E-state index contributed by atoms with van der Waals surface area (Å²) in [4.78, 5) is 18.2. The third kappa shape index (κ3) is 3.65. The van der Waals surface area contributed by atoms with E-state index in [-0.39, 0.29) is 5.97 Å². The highest BCUT2D eigenvalue weighted by atomic mass is 16.5. The van der Waals surface area contributed by atoms with Crippen molar-refractivity contribution in [3.05, 3.63) is 47.2 Å². The van der Waals surface area contributed by atoms with Gasteiger partial charge < -0.3 is 18.8 Å². The Morgan fingerprint density at radius 1 is 1.25 bits per heavy atom. The molecule has 1 aliphatic heterocycles. The fraction of sp³-hybridized carbons (Fsp3) is 0.333. The number of nitrogens with zero attached hydrogens (tertiary/aromatic N) is 2. The SMILES string of the molecule is COC(=O)c1ccc(C)c(N=Cc2ccc(N3CCOCC3)o2)c1. The van der Waals surface area contributed by atoms with Gasteiger partial charge in [-0.05, 0) is 30.7 Å². The van der Waals surface area contributed by atoms with Crippen molar-refractivity contribution < 1.29 is 18.7 Å². The van der Waals surface area contributed by atoms with Gasteiger partial charge in [0.2, 0.25) is 0 Å². The van der Waals surface area contributed by atoms with Crippen molar-refractivity contribution in [3.63, 3.8) is 0 Å². The van der Waals surface area contributed by atoms with Gasteiger partial charge in [-0.15, -0.1) is 0 Å². The molecule has 6 nitrogen and oxygen atoms in total. The highest BCUT2D eigenvalue weighted by Crippen LogP contribution is 2.22. The number of anilines is 1. The molecule has 2 heterocycles. The van der Waals surface area contributed by atoms with Crippen LogP contribution in [0.1, 0.15) is 21.7 Å². The Kier molecular flexibility index (Phi) is 4.96. The van der Waals surface area contributed by atoms with Gasteiger partial charge in [-0.1, -0.05) is 6.07 Å². The summed E-state index contributed by atoms with van der Waals surface area (Å²) in [5, 5.41) is 0. The van der Waals surface area contributed by atoms with E-state index in [0.29, 0.717) is 30.2 Å². The summed E-state index contributed by atoms with van der Waals surface area (Å²) in [7, 11) is 1.36. The first-order valence-corrected chi connectivity index (χ1v) is 7.83. The Labute approximate surface area is 140 Å². The molecule has 1 saturated heterocycles. The van der Waals surface area contributed by atoms with Crippen molar-refractivity contribution in [2.45, 2.75) is 6.92 Å². The van der Waals surface area contributed by atoms with E-state index in [0.717, 1.165) is 24.5 Å². The smallest absolute Gasteiger partial charge is 0.337 e. The van der Waals surface area contributed by atoms with E-state index >= 15 is 0 Å². The number of aryl methyl sites for hydroxylation is 1. The van der Waals surface area contributed by atoms with Gasteiger partial charge in [0.25, 0.3) is 0 Å². The zero-order valence-electron chi connectivity index (χ0n) is 13.8. The lowest BCUT2D eigenvalue weighted by molar-refractivity contribution is 0.0601. The van der Waals surface area contributed by atoms with Gasteiger partial charge >= 0.3 is 5.97 Å². The van der Waals surface area contributed by atoms with E-state index < -0.39 is 0 Å². The third-order valence-corrected chi connectivity index (χ3v) is 3.90. The summed E-state index contributed by atoms with van der Waals surface area (Å²) in [6.45, 7) is 5.01. The van der Waals surface area contributed by atoms with Crippen LogP contribution in [0.5, 0.6) is 0 Å². The molecule has 0 aliphatic carbocycles. The van der Waals surface area contributed by atoms with Crippen LogP contribution in [0.25, 0.3) is 0 Å². The number of aliphatic imine (C=N–C) groups is 1. The summed E-state index contributed by atoms with van der Waals surface area (Å²) in [5.74, 6) is 1.11. The maximum absolute atomic E-state index is 11.6. The van der Waals surface area contributed by atoms with Crippen LogP contribution in [0.4, 0.5) is 11.6 Å². The van der Waals surface area contributed by atoms with Crippen molar-refractivity contribution >= 4 is 23.8 Å². The molecule has 0 bridgehead atoms. The van der Waals surface area contributed by atoms with Gasteiger partial charge in [0.15, 0.2) is 5.88 Å². The highest BCUT2D eigenvalue weighted by molar-refractivity contribution is 5.91. The minimum atomic E-state index is -0.376. The number of esters is 1. The number of hydrogen-bond acceptors (Lipinski definition) is 6. The van der Waals surface area contributed by atoms with E-state index in [1.165, 1.54) is 7.11 Å². The summed E-state index contributed by atoms with van der Waals surface area (Å²) in [6.07, 6.45) is 1.66. The van der Waals surface area contributed by atoms with E-state index in [9.17, 15) is 4.79 Å². The van der Waals surface area contributed by atoms with E-state index in [4.69, 9.17) is 13.9 Å². The molecule has 0 unspecified atom stereocenters. The van der Waals surface area contributed by atoms with Crippen LogP contribution >= 0.6 is 0 Å². The second-order valence-corrected chi connectivity index (χ2v) is 5.53. The fourth-order valence-corrected chi connectivity index (χ4v) is 2.49. The van der Waals surface area contributed by atoms with Crippen molar-refractivity contribution in [2.24, 2.45) is 4.99 Å². The molecule has 1 fully saturated rings. The lowest BCUT2D eigenvalue weighted by Crippen LogP contribution is -2.35. The fourth-order valence-electron chi connectivity index (χ4n) is 2.49. The molecule has 1 aromatic carbocycles. The van der Waals surface area contributed by atoms with Crippen LogP contribution in [0, 0.1) is 6.92 Å². The van der Waals surface area contributed by atoms with Crippen molar-refractivity contribution in [1.29, 1.82) is 0 Å². The van der Waals surface area contributed by atoms with Gasteiger partial charge in [0.1, 0.15) is 5.76 Å². The molecule has 0 saturated carbocycles. The summed E-state index contributed by atoms with van der Waals surface area (Å²) in [6, 6.07) is 9.10. The zero-order valence-corrected chi connectivity index (χ0v) is 13.8. The molecule has 24 heavy (non-hydrogen) atoms. The normalized spacial score (nSPS) is 15.0. The first-order valence-electron chi connectivity index (χ1n) is 7.83. The topological polar surface area (TPSA) is 64.3 Å². The predicted octanol–water partition coefficient (Wildman–Crippen LogP) is 2.96. The van der Waals surface area contributed by atoms with Gasteiger partial charge in [-0.2, -0.15) is 0 Å². The first kappa shape index (κ1) is 16.3. The molecule has 0 spiro atoms.